The maximum Gasteiger partial charge on any atom is 0.211 e. The van der Waals surface area contributed by atoms with E-state index >= 15 is 0 Å². The zero-order chi connectivity index (χ0) is 9.35. The van der Waals surface area contributed by atoms with E-state index in [1.54, 1.807) is 0 Å². The molecule has 1 heteroatoms. The molecule has 3 atom stereocenters. The van der Waals surface area contributed by atoms with Gasteiger partial charge in [-0.3, -0.25) is 4.79 Å². The molecule has 0 spiro atoms. The lowest BCUT2D eigenvalue weighted by Gasteiger charge is -2.29. The van der Waals surface area contributed by atoms with E-state index in [4.69, 9.17) is 6.42 Å². The van der Waals surface area contributed by atoms with Crippen molar-refractivity contribution in [2.75, 3.05) is 0 Å². The van der Waals surface area contributed by atoms with Gasteiger partial charge in [0.25, 0.3) is 0 Å². The minimum atomic E-state index is -0.255. The van der Waals surface area contributed by atoms with E-state index in [1.807, 2.05) is 6.92 Å². The van der Waals surface area contributed by atoms with Gasteiger partial charge in [-0.15, -0.1) is 6.42 Å². The van der Waals surface area contributed by atoms with Crippen LogP contribution in [0.25, 0.3) is 0 Å². The minimum absolute atomic E-state index is 0.0139. The van der Waals surface area contributed by atoms with Crippen molar-refractivity contribution in [3.8, 4) is 12.3 Å². The third kappa shape index (κ3) is 1.06. The summed E-state index contributed by atoms with van der Waals surface area (Å²) in [5.41, 5.74) is -0.255. The summed E-state index contributed by atoms with van der Waals surface area (Å²) in [4.78, 5) is 11.5. The molecule has 0 aromatic rings. The lowest BCUT2D eigenvalue weighted by Crippen LogP contribution is -2.34. The second-order valence-corrected chi connectivity index (χ2v) is 4.14. The highest BCUT2D eigenvalue weighted by molar-refractivity contribution is 5.99. The molecular weight excluding hydrogens is 148 g/mol. The molecule has 12 heavy (non-hydrogen) atoms. The maximum atomic E-state index is 11.5. The summed E-state index contributed by atoms with van der Waals surface area (Å²) in [5, 5.41) is 0. The van der Waals surface area contributed by atoms with Crippen molar-refractivity contribution in [1.29, 1.82) is 0 Å². The summed E-state index contributed by atoms with van der Waals surface area (Å²) in [6.07, 6.45) is 7.42. The molecule has 0 saturated heterocycles. The average molecular weight is 164 g/mol. The molecule has 0 heterocycles. The van der Waals surface area contributed by atoms with Gasteiger partial charge in [0.15, 0.2) is 0 Å². The summed E-state index contributed by atoms with van der Waals surface area (Å²) in [6.45, 7) is 6.26. The number of terminal acetylenes is 1. The van der Waals surface area contributed by atoms with Crippen molar-refractivity contribution in [3.05, 3.63) is 0 Å². The smallest absolute Gasteiger partial charge is 0.211 e. The van der Waals surface area contributed by atoms with Gasteiger partial charge < -0.3 is 0 Å². The maximum absolute atomic E-state index is 11.5. The molecule has 1 unspecified atom stereocenters. The highest BCUT2D eigenvalue weighted by Gasteiger charge is 2.46. The van der Waals surface area contributed by atoms with E-state index in [0.29, 0.717) is 11.8 Å². The molecular formula is C11H16O. The normalized spacial score (nSPS) is 40.8. The Labute approximate surface area is 74.5 Å². The first kappa shape index (κ1) is 9.32. The fourth-order valence-electron chi connectivity index (χ4n) is 2.19. The third-order valence-corrected chi connectivity index (χ3v) is 3.70. The van der Waals surface area contributed by atoms with Crippen LogP contribution in [0.5, 0.6) is 0 Å². The van der Waals surface area contributed by atoms with Gasteiger partial charge >= 0.3 is 0 Å². The van der Waals surface area contributed by atoms with E-state index in [9.17, 15) is 4.79 Å². The van der Waals surface area contributed by atoms with Gasteiger partial charge in [0.1, 0.15) is 0 Å². The van der Waals surface area contributed by atoms with Crippen LogP contribution in [0.3, 0.4) is 0 Å². The summed E-state index contributed by atoms with van der Waals surface area (Å²) in [6, 6.07) is 0. The molecule has 66 valence electrons. The standard InChI is InChI=1S/C11H16O/c1-5-10(12)11(4)8(2)6-7-9(11)3/h1,8-9H,6-7H2,2-4H3/t8-,9+,11?. The first-order valence-corrected chi connectivity index (χ1v) is 4.54. The van der Waals surface area contributed by atoms with Gasteiger partial charge in [-0.2, -0.15) is 0 Å². The van der Waals surface area contributed by atoms with Crippen molar-refractivity contribution in [3.63, 3.8) is 0 Å². The van der Waals surface area contributed by atoms with Crippen molar-refractivity contribution < 1.29 is 4.79 Å². The molecule has 1 aliphatic rings. The zero-order valence-corrected chi connectivity index (χ0v) is 8.05. The molecule has 0 aromatic heterocycles. The van der Waals surface area contributed by atoms with Crippen molar-refractivity contribution in [2.24, 2.45) is 17.3 Å². The van der Waals surface area contributed by atoms with E-state index in [2.05, 4.69) is 19.8 Å². The summed E-state index contributed by atoms with van der Waals surface area (Å²) in [7, 11) is 0. The Balaban J connectivity index is 2.96. The summed E-state index contributed by atoms with van der Waals surface area (Å²) >= 11 is 0. The number of ketones is 1. The number of hydrogen-bond donors (Lipinski definition) is 0. The van der Waals surface area contributed by atoms with E-state index in [1.165, 1.54) is 0 Å². The summed E-state index contributed by atoms with van der Waals surface area (Å²) < 4.78 is 0. The minimum Gasteiger partial charge on any atom is -0.284 e. The Bertz CT molecular complexity index is 224. The number of carbonyl (C=O) groups is 1. The van der Waals surface area contributed by atoms with E-state index in [-0.39, 0.29) is 11.2 Å². The Kier molecular flexibility index (Phi) is 2.28. The van der Waals surface area contributed by atoms with Crippen LogP contribution in [0.4, 0.5) is 0 Å². The lowest BCUT2D eigenvalue weighted by molar-refractivity contribution is -0.125. The highest BCUT2D eigenvalue weighted by Crippen LogP contribution is 2.47. The van der Waals surface area contributed by atoms with E-state index < -0.39 is 0 Å². The molecule has 1 saturated carbocycles. The Morgan fingerprint density at radius 1 is 1.42 bits per heavy atom. The number of carbonyl (C=O) groups excluding carboxylic acids is 1. The molecule has 0 radical (unpaired) electrons. The van der Waals surface area contributed by atoms with Gasteiger partial charge in [0, 0.05) is 5.41 Å². The monoisotopic (exact) mass is 164 g/mol. The SMILES string of the molecule is C#CC(=O)C1(C)[C@H](C)CC[C@@H]1C. The van der Waals surface area contributed by atoms with Crippen LogP contribution in [0.2, 0.25) is 0 Å². The molecule has 1 fully saturated rings. The Morgan fingerprint density at radius 2 is 1.83 bits per heavy atom. The summed E-state index contributed by atoms with van der Waals surface area (Å²) in [5.74, 6) is 3.14. The molecule has 0 bridgehead atoms. The fraction of sp³-hybridized carbons (Fsp3) is 0.727. The quantitative estimate of drug-likeness (QED) is 0.429. The topological polar surface area (TPSA) is 17.1 Å². The van der Waals surface area contributed by atoms with Crippen LogP contribution in [-0.2, 0) is 4.79 Å². The first-order valence-electron chi connectivity index (χ1n) is 4.54. The van der Waals surface area contributed by atoms with Crippen LogP contribution in [0.1, 0.15) is 33.6 Å². The van der Waals surface area contributed by atoms with Crippen LogP contribution in [0.15, 0.2) is 0 Å². The molecule has 1 aliphatic carbocycles. The molecule has 1 rings (SSSR count). The van der Waals surface area contributed by atoms with Crippen LogP contribution >= 0.6 is 0 Å². The highest BCUT2D eigenvalue weighted by atomic mass is 16.1. The number of rotatable bonds is 1. The van der Waals surface area contributed by atoms with Crippen LogP contribution < -0.4 is 0 Å². The van der Waals surface area contributed by atoms with Crippen LogP contribution in [-0.4, -0.2) is 5.78 Å². The predicted octanol–water partition coefficient (Wildman–Crippen LogP) is 2.26. The molecule has 0 aliphatic heterocycles. The first-order chi connectivity index (χ1) is 5.53. The largest absolute Gasteiger partial charge is 0.284 e. The van der Waals surface area contributed by atoms with Gasteiger partial charge in [-0.25, -0.2) is 0 Å². The van der Waals surface area contributed by atoms with Gasteiger partial charge in [0.05, 0.1) is 0 Å². The van der Waals surface area contributed by atoms with Gasteiger partial charge in [-0.05, 0) is 30.6 Å². The molecule has 0 N–H and O–H groups in total. The zero-order valence-electron chi connectivity index (χ0n) is 8.05. The predicted molar refractivity (Wildman–Crippen MR) is 49.5 cm³/mol. The third-order valence-electron chi connectivity index (χ3n) is 3.70. The second kappa shape index (κ2) is 2.94. The van der Waals surface area contributed by atoms with Crippen LogP contribution in [0, 0.1) is 29.6 Å². The van der Waals surface area contributed by atoms with Gasteiger partial charge in [0.2, 0.25) is 5.78 Å². The lowest BCUT2D eigenvalue weighted by atomic mass is 9.72. The van der Waals surface area contributed by atoms with Crippen molar-refractivity contribution in [2.45, 2.75) is 33.6 Å². The van der Waals surface area contributed by atoms with E-state index in [0.717, 1.165) is 12.8 Å². The van der Waals surface area contributed by atoms with Gasteiger partial charge in [-0.1, -0.05) is 20.8 Å². The second-order valence-electron chi connectivity index (χ2n) is 4.14. The fourth-order valence-corrected chi connectivity index (χ4v) is 2.19. The number of Topliss-reactive ketones (excluding diaryl/α,β-unsaturated/α-hetero) is 1. The Morgan fingerprint density at radius 3 is 2.17 bits per heavy atom. The van der Waals surface area contributed by atoms with Crippen molar-refractivity contribution >= 4 is 5.78 Å². The Hall–Kier alpha value is -0.770. The molecule has 0 amide bonds. The molecule has 1 nitrogen and oxygen atoms in total. The van der Waals surface area contributed by atoms with Crippen molar-refractivity contribution in [1.82, 2.24) is 0 Å². The molecule has 0 aromatic carbocycles. The average Bonchev–Trinajstić information content (AvgIpc) is 2.32. The number of hydrogen-bond acceptors (Lipinski definition) is 1.